The van der Waals surface area contributed by atoms with Crippen molar-refractivity contribution in [2.24, 2.45) is 0 Å². The second-order valence-corrected chi connectivity index (χ2v) is 9.19. The summed E-state index contributed by atoms with van der Waals surface area (Å²) in [6.07, 6.45) is 1.50. The highest BCUT2D eigenvalue weighted by atomic mass is 32.2. The molecule has 0 aliphatic carbocycles. The molecular formula is C24H24N2O4S. The number of carbonyl (C=O) groups is 1. The molecule has 4 rings (SSSR count). The summed E-state index contributed by atoms with van der Waals surface area (Å²) in [6, 6.07) is 19.4. The quantitative estimate of drug-likeness (QED) is 0.626. The van der Waals surface area contributed by atoms with Crippen LogP contribution in [0.4, 0.5) is 11.4 Å². The third-order valence-corrected chi connectivity index (χ3v) is 7.25. The lowest BCUT2D eigenvalue weighted by Gasteiger charge is -2.20. The molecule has 0 unspecified atom stereocenters. The average Bonchev–Trinajstić information content (AvgIpc) is 3.23. The molecule has 0 atom stereocenters. The number of nitrogens with one attached hydrogen (secondary N) is 1. The van der Waals surface area contributed by atoms with E-state index < -0.39 is 15.9 Å². The zero-order valence-electron chi connectivity index (χ0n) is 17.5. The summed E-state index contributed by atoms with van der Waals surface area (Å²) in [6.45, 7) is 2.41. The highest BCUT2D eigenvalue weighted by molar-refractivity contribution is 7.92. The van der Waals surface area contributed by atoms with Crippen molar-refractivity contribution in [2.75, 3.05) is 23.3 Å². The van der Waals surface area contributed by atoms with Gasteiger partial charge in [-0.15, -0.1) is 0 Å². The van der Waals surface area contributed by atoms with Crippen LogP contribution in [-0.4, -0.2) is 28.0 Å². The topological polar surface area (TPSA) is 75.7 Å². The van der Waals surface area contributed by atoms with Crippen molar-refractivity contribution in [1.29, 1.82) is 0 Å². The molecule has 0 saturated carbocycles. The molecule has 0 aromatic heterocycles. The minimum absolute atomic E-state index is 0.0532. The molecule has 0 bridgehead atoms. The number of rotatable bonds is 6. The van der Waals surface area contributed by atoms with Gasteiger partial charge in [0, 0.05) is 12.2 Å². The van der Waals surface area contributed by atoms with Crippen LogP contribution in [0.5, 0.6) is 5.75 Å². The van der Waals surface area contributed by atoms with E-state index >= 15 is 0 Å². The normalized spacial score (nSPS) is 13.0. The molecule has 7 heteroatoms. The molecule has 31 heavy (non-hydrogen) atoms. The van der Waals surface area contributed by atoms with Crippen molar-refractivity contribution in [1.82, 2.24) is 0 Å². The number of hydrogen-bond donors (Lipinski definition) is 1. The number of fused-ring (bicyclic) bond motifs is 1. The molecule has 1 aliphatic rings. The molecule has 3 aromatic rings. The maximum absolute atomic E-state index is 13.4. The van der Waals surface area contributed by atoms with Crippen LogP contribution >= 0.6 is 0 Å². The summed E-state index contributed by atoms with van der Waals surface area (Å²) in [7, 11) is -2.37. The molecule has 1 heterocycles. The first-order valence-corrected chi connectivity index (χ1v) is 11.6. The van der Waals surface area contributed by atoms with Gasteiger partial charge in [-0.3, -0.25) is 9.10 Å². The van der Waals surface area contributed by atoms with Gasteiger partial charge < -0.3 is 10.1 Å². The number of anilines is 2. The average molecular weight is 437 g/mol. The number of amides is 1. The van der Waals surface area contributed by atoms with Gasteiger partial charge >= 0.3 is 0 Å². The van der Waals surface area contributed by atoms with Crippen molar-refractivity contribution < 1.29 is 17.9 Å². The first kappa shape index (κ1) is 20.9. The van der Waals surface area contributed by atoms with E-state index in [9.17, 15) is 13.2 Å². The lowest BCUT2D eigenvalue weighted by molar-refractivity contribution is 0.102. The van der Waals surface area contributed by atoms with Gasteiger partial charge in [0.2, 0.25) is 0 Å². The van der Waals surface area contributed by atoms with E-state index in [0.29, 0.717) is 30.1 Å². The first-order chi connectivity index (χ1) is 14.9. The molecule has 1 N–H and O–H groups in total. The zero-order chi connectivity index (χ0) is 22.0. The Morgan fingerprint density at radius 3 is 2.65 bits per heavy atom. The van der Waals surface area contributed by atoms with Gasteiger partial charge in [-0.2, -0.15) is 0 Å². The van der Waals surface area contributed by atoms with E-state index in [1.165, 1.54) is 29.6 Å². The molecule has 0 radical (unpaired) electrons. The fourth-order valence-corrected chi connectivity index (χ4v) is 5.31. The molecule has 160 valence electrons. The Labute approximate surface area is 182 Å². The molecule has 3 aromatic carbocycles. The zero-order valence-corrected chi connectivity index (χ0v) is 18.3. The number of methoxy groups -OCH3 is 1. The Bertz CT molecular complexity index is 1240. The maximum Gasteiger partial charge on any atom is 0.264 e. The number of hydrogen-bond acceptors (Lipinski definition) is 4. The Hall–Kier alpha value is -3.32. The molecule has 0 spiro atoms. The number of aryl methyl sites for hydroxylation is 1. The van der Waals surface area contributed by atoms with Crippen molar-refractivity contribution in [3.05, 3.63) is 83.4 Å². The summed E-state index contributed by atoms with van der Waals surface area (Å²) in [5.74, 6) is -0.117. The predicted molar refractivity (Wildman–Crippen MR) is 121 cm³/mol. The van der Waals surface area contributed by atoms with E-state index in [1.807, 2.05) is 43.3 Å². The van der Waals surface area contributed by atoms with Crippen LogP contribution in [0.25, 0.3) is 0 Å². The summed E-state index contributed by atoms with van der Waals surface area (Å²) >= 11 is 0. The Morgan fingerprint density at radius 1 is 1.06 bits per heavy atom. The highest BCUT2D eigenvalue weighted by Crippen LogP contribution is 2.34. The van der Waals surface area contributed by atoms with E-state index in [1.54, 1.807) is 12.1 Å². The molecule has 0 saturated heterocycles. The molecule has 1 aliphatic heterocycles. The first-order valence-electron chi connectivity index (χ1n) is 10.1. The van der Waals surface area contributed by atoms with Gasteiger partial charge in [0.15, 0.2) is 0 Å². The van der Waals surface area contributed by atoms with Crippen LogP contribution in [0.3, 0.4) is 0 Å². The van der Waals surface area contributed by atoms with Gasteiger partial charge in [-0.25, -0.2) is 8.42 Å². The van der Waals surface area contributed by atoms with Crippen molar-refractivity contribution in [3.8, 4) is 5.75 Å². The lowest BCUT2D eigenvalue weighted by Crippen LogP contribution is -2.29. The fourth-order valence-electron chi connectivity index (χ4n) is 3.78. The fraction of sp³-hybridized carbons (Fsp3) is 0.208. The molecule has 1 amide bonds. The Kier molecular flexibility index (Phi) is 5.69. The Balaban J connectivity index is 1.68. The van der Waals surface area contributed by atoms with Crippen LogP contribution in [0.1, 0.15) is 28.4 Å². The molecule has 0 fully saturated rings. The van der Waals surface area contributed by atoms with Gasteiger partial charge in [0.25, 0.3) is 15.9 Å². The minimum atomic E-state index is -3.82. The largest absolute Gasteiger partial charge is 0.496 e. The van der Waals surface area contributed by atoms with E-state index in [4.69, 9.17) is 4.74 Å². The number of para-hydroxylation sites is 1. The SMILES string of the molecule is CCc1cccc(NC(=O)c2cc(S(=O)(=O)N3CCc4ccccc43)ccc2OC)c1. The predicted octanol–water partition coefficient (Wildman–Crippen LogP) is 4.26. The van der Waals surface area contributed by atoms with Crippen molar-refractivity contribution in [2.45, 2.75) is 24.7 Å². The number of nitrogens with zero attached hydrogens (tertiary/aromatic N) is 1. The minimum Gasteiger partial charge on any atom is -0.496 e. The second-order valence-electron chi connectivity index (χ2n) is 7.33. The summed E-state index contributed by atoms with van der Waals surface area (Å²) in [5.41, 5.74) is 3.58. The third kappa shape index (κ3) is 4.01. The van der Waals surface area contributed by atoms with Crippen LogP contribution in [-0.2, 0) is 22.9 Å². The number of sulfonamides is 1. The highest BCUT2D eigenvalue weighted by Gasteiger charge is 2.31. The second kappa shape index (κ2) is 8.43. The maximum atomic E-state index is 13.4. The monoisotopic (exact) mass is 436 g/mol. The van der Waals surface area contributed by atoms with Gasteiger partial charge in [-0.05, 0) is 60.4 Å². The van der Waals surface area contributed by atoms with Crippen LogP contribution in [0.2, 0.25) is 0 Å². The summed E-state index contributed by atoms with van der Waals surface area (Å²) < 4.78 is 33.5. The van der Waals surface area contributed by atoms with E-state index in [0.717, 1.165) is 17.5 Å². The van der Waals surface area contributed by atoms with Gasteiger partial charge in [0.1, 0.15) is 5.75 Å². The van der Waals surface area contributed by atoms with Crippen molar-refractivity contribution >= 4 is 27.3 Å². The molecule has 6 nitrogen and oxygen atoms in total. The number of ether oxygens (including phenoxy) is 1. The lowest BCUT2D eigenvalue weighted by atomic mass is 10.1. The van der Waals surface area contributed by atoms with Crippen LogP contribution < -0.4 is 14.4 Å². The Morgan fingerprint density at radius 2 is 1.87 bits per heavy atom. The van der Waals surface area contributed by atoms with Crippen LogP contribution in [0.15, 0.2) is 71.6 Å². The third-order valence-electron chi connectivity index (χ3n) is 5.44. The number of benzene rings is 3. The van der Waals surface area contributed by atoms with Gasteiger partial charge in [0.05, 0.1) is 23.3 Å². The van der Waals surface area contributed by atoms with Gasteiger partial charge in [-0.1, -0.05) is 37.3 Å². The van der Waals surface area contributed by atoms with Crippen molar-refractivity contribution in [3.63, 3.8) is 0 Å². The van der Waals surface area contributed by atoms with Crippen LogP contribution in [0, 0.1) is 0 Å². The summed E-state index contributed by atoms with van der Waals surface area (Å²) in [5, 5.41) is 2.84. The molecular weight excluding hydrogens is 412 g/mol. The standard InChI is InChI=1S/C24H24N2O4S/c1-3-17-7-6-9-19(15-17)25-24(27)21-16-20(11-12-23(21)30-2)31(28,29)26-14-13-18-8-4-5-10-22(18)26/h4-12,15-16H,3,13-14H2,1-2H3,(H,25,27). The number of carbonyl (C=O) groups excluding carboxylic acids is 1. The smallest absolute Gasteiger partial charge is 0.264 e. The summed E-state index contributed by atoms with van der Waals surface area (Å²) in [4.78, 5) is 13.0. The van der Waals surface area contributed by atoms with E-state index in [2.05, 4.69) is 5.32 Å². The van der Waals surface area contributed by atoms with E-state index in [-0.39, 0.29) is 10.5 Å².